The Morgan fingerprint density at radius 2 is 1.24 bits per heavy atom. The van der Waals surface area contributed by atoms with Crippen molar-refractivity contribution in [2.75, 3.05) is 0 Å². The van der Waals surface area contributed by atoms with Crippen LogP contribution >= 0.6 is 0 Å². The van der Waals surface area contributed by atoms with Gasteiger partial charge in [0, 0.05) is 39.9 Å². The summed E-state index contributed by atoms with van der Waals surface area (Å²) in [5.74, 6) is 1.99. The van der Waals surface area contributed by atoms with Gasteiger partial charge >= 0.3 is 21.1 Å². The number of pyridine rings is 1. The number of hydrogen-bond donors (Lipinski definition) is 0. The van der Waals surface area contributed by atoms with E-state index in [1.807, 2.05) is 53.3 Å². The molecule has 0 aliphatic heterocycles. The van der Waals surface area contributed by atoms with E-state index in [1.165, 1.54) is 5.56 Å². The van der Waals surface area contributed by atoms with Gasteiger partial charge < -0.3 is 9.30 Å². The van der Waals surface area contributed by atoms with E-state index in [4.69, 9.17) is 14.8 Å². The Morgan fingerprint density at radius 1 is 0.593 bits per heavy atom. The van der Waals surface area contributed by atoms with Crippen molar-refractivity contribution in [1.82, 2.24) is 19.3 Å². The van der Waals surface area contributed by atoms with Crippen LogP contribution in [-0.4, -0.2) is 19.3 Å². The average Bonchev–Trinajstić information content (AvgIpc) is 3.76. The fraction of sp³-hybridized carbons (Fsp3) is 0.0833. The van der Waals surface area contributed by atoms with Crippen molar-refractivity contribution in [1.29, 1.82) is 0 Å². The number of benzene rings is 6. The van der Waals surface area contributed by atoms with E-state index in [-0.39, 0.29) is 26.5 Å². The second-order valence-electron chi connectivity index (χ2n) is 14.2. The van der Waals surface area contributed by atoms with Gasteiger partial charge in [-0.05, 0) is 45.8 Å². The number of hydrogen-bond acceptors (Lipinski definition) is 3. The van der Waals surface area contributed by atoms with Gasteiger partial charge in [-0.3, -0.25) is 4.68 Å². The molecule has 0 aliphatic carbocycles. The molecule has 0 amide bonds. The van der Waals surface area contributed by atoms with Gasteiger partial charge in [0.15, 0.2) is 0 Å². The smallest absolute Gasteiger partial charge is 0.509 e. The summed E-state index contributed by atoms with van der Waals surface area (Å²) in [7, 11) is 0. The third-order valence-electron chi connectivity index (χ3n) is 9.64. The molecule has 0 bridgehead atoms. The maximum absolute atomic E-state index is 6.58. The molecule has 0 saturated heterocycles. The Balaban J connectivity index is 0.00000413. The molecule has 54 heavy (non-hydrogen) atoms. The summed E-state index contributed by atoms with van der Waals surface area (Å²) < 4.78 is 10.8. The SMILES string of the molecule is CC(C)(C)c1ccnc(-n2c3[c-]c(Oc4[c-]c(-n5nc(-c6ccccc6)c(-c6ccccc6)c5-c5ccccc5)ccc4)ccc3c3ccccc32)c1.[Pt+2]. The first kappa shape index (κ1) is 35.0. The van der Waals surface area contributed by atoms with E-state index >= 15 is 0 Å². The van der Waals surface area contributed by atoms with Crippen LogP contribution in [-0.2, 0) is 26.5 Å². The van der Waals surface area contributed by atoms with Crippen molar-refractivity contribution in [3.05, 3.63) is 182 Å². The number of rotatable bonds is 7. The largest absolute Gasteiger partial charge is 2.00 e. The minimum absolute atomic E-state index is 0. The van der Waals surface area contributed by atoms with Crippen LogP contribution in [0.5, 0.6) is 11.5 Å². The number of ether oxygens (including phenoxy) is 1. The van der Waals surface area contributed by atoms with E-state index in [9.17, 15) is 0 Å². The van der Waals surface area contributed by atoms with Crippen LogP contribution in [0.15, 0.2) is 164 Å². The average molecular weight is 880 g/mol. The van der Waals surface area contributed by atoms with Gasteiger partial charge in [0.2, 0.25) is 0 Å². The first-order valence-electron chi connectivity index (χ1n) is 17.8. The number of fused-ring (bicyclic) bond motifs is 3. The predicted molar refractivity (Wildman–Crippen MR) is 215 cm³/mol. The minimum Gasteiger partial charge on any atom is -0.509 e. The molecular weight excluding hydrogens is 844 g/mol. The zero-order valence-corrected chi connectivity index (χ0v) is 32.4. The third-order valence-corrected chi connectivity index (χ3v) is 9.64. The molecule has 0 fully saturated rings. The van der Waals surface area contributed by atoms with Gasteiger partial charge in [-0.2, -0.15) is 17.2 Å². The number of nitrogens with zero attached hydrogens (tertiary/aromatic N) is 4. The molecular formula is C48H36N4OPt. The normalized spacial score (nSPS) is 11.5. The van der Waals surface area contributed by atoms with Gasteiger partial charge in [0.25, 0.3) is 0 Å². The van der Waals surface area contributed by atoms with Gasteiger partial charge in [-0.1, -0.05) is 135 Å². The molecule has 0 unspecified atom stereocenters. The van der Waals surface area contributed by atoms with E-state index in [1.54, 1.807) is 0 Å². The number of para-hydroxylation sites is 1. The third kappa shape index (κ3) is 6.46. The van der Waals surface area contributed by atoms with E-state index in [0.717, 1.165) is 67.0 Å². The molecule has 0 N–H and O–H groups in total. The zero-order chi connectivity index (χ0) is 35.9. The Hall–Kier alpha value is -6.03. The Morgan fingerprint density at radius 3 is 1.96 bits per heavy atom. The molecule has 0 atom stereocenters. The van der Waals surface area contributed by atoms with Crippen LogP contribution in [0.2, 0.25) is 0 Å². The van der Waals surface area contributed by atoms with E-state index in [2.05, 4.69) is 153 Å². The standard InChI is InChI=1S/C48H36N4O.Pt/c1-48(2,3)36-28-29-49-44(30-36)51-42-25-14-13-24-40(42)41-27-26-39(32-43(41)51)53-38-23-15-22-37(31-38)52-47(35-20-11-6-12-21-35)45(33-16-7-4-8-17-33)46(50-52)34-18-9-5-10-19-34;/h4-30H,1-3H3;/q-2;+2. The molecule has 3 aromatic heterocycles. The van der Waals surface area contributed by atoms with Crippen molar-refractivity contribution in [2.24, 2.45) is 0 Å². The number of aromatic nitrogens is 4. The summed E-state index contributed by atoms with van der Waals surface area (Å²) >= 11 is 0. The monoisotopic (exact) mass is 879 g/mol. The van der Waals surface area contributed by atoms with Crippen LogP contribution in [0.3, 0.4) is 0 Å². The quantitative estimate of drug-likeness (QED) is 0.150. The Bertz CT molecular complexity index is 2730. The molecule has 264 valence electrons. The summed E-state index contributed by atoms with van der Waals surface area (Å²) in [5.41, 5.74) is 10.0. The fourth-order valence-corrected chi connectivity index (χ4v) is 7.05. The van der Waals surface area contributed by atoms with E-state index < -0.39 is 0 Å². The summed E-state index contributed by atoms with van der Waals surface area (Å²) in [6, 6.07) is 61.1. The first-order valence-corrected chi connectivity index (χ1v) is 17.8. The van der Waals surface area contributed by atoms with Crippen LogP contribution in [0.1, 0.15) is 26.3 Å². The molecule has 0 aliphatic rings. The van der Waals surface area contributed by atoms with Gasteiger partial charge in [0.05, 0.1) is 5.69 Å². The topological polar surface area (TPSA) is 44.9 Å². The predicted octanol–water partition coefficient (Wildman–Crippen LogP) is 12.1. The maximum Gasteiger partial charge on any atom is 2.00 e. The summed E-state index contributed by atoms with van der Waals surface area (Å²) in [5, 5.41) is 7.52. The zero-order valence-electron chi connectivity index (χ0n) is 30.1. The minimum atomic E-state index is -0.0199. The molecule has 0 saturated carbocycles. The molecule has 6 heteroatoms. The molecule has 0 radical (unpaired) electrons. The van der Waals surface area contributed by atoms with Gasteiger partial charge in [0.1, 0.15) is 11.5 Å². The van der Waals surface area contributed by atoms with Gasteiger partial charge in [-0.15, -0.1) is 35.7 Å². The van der Waals surface area contributed by atoms with Crippen LogP contribution in [0.25, 0.3) is 67.0 Å². The van der Waals surface area contributed by atoms with Crippen molar-refractivity contribution in [3.8, 4) is 56.6 Å². The Labute approximate surface area is 329 Å². The molecule has 3 heterocycles. The molecule has 0 spiro atoms. The summed E-state index contributed by atoms with van der Waals surface area (Å²) in [6.07, 6.45) is 1.89. The van der Waals surface area contributed by atoms with E-state index in [0.29, 0.717) is 11.5 Å². The van der Waals surface area contributed by atoms with Crippen molar-refractivity contribution in [2.45, 2.75) is 26.2 Å². The Kier molecular flexibility index (Phi) is 9.35. The molecule has 9 rings (SSSR count). The van der Waals surface area contributed by atoms with Gasteiger partial charge in [-0.25, -0.2) is 4.98 Å². The summed E-state index contributed by atoms with van der Waals surface area (Å²) in [4.78, 5) is 4.83. The van der Waals surface area contributed by atoms with Crippen molar-refractivity contribution >= 4 is 21.8 Å². The van der Waals surface area contributed by atoms with Crippen molar-refractivity contribution in [3.63, 3.8) is 0 Å². The summed E-state index contributed by atoms with van der Waals surface area (Å²) in [6.45, 7) is 6.66. The molecule has 9 aromatic rings. The molecule has 6 aromatic carbocycles. The molecule has 5 nitrogen and oxygen atoms in total. The fourth-order valence-electron chi connectivity index (χ4n) is 7.05. The van der Waals surface area contributed by atoms with Crippen LogP contribution in [0, 0.1) is 12.1 Å². The second kappa shape index (κ2) is 14.4. The maximum atomic E-state index is 6.58. The second-order valence-corrected chi connectivity index (χ2v) is 14.2. The first-order chi connectivity index (χ1) is 25.9. The van der Waals surface area contributed by atoms with Crippen LogP contribution in [0.4, 0.5) is 0 Å². The van der Waals surface area contributed by atoms with Crippen LogP contribution < -0.4 is 4.74 Å². The van der Waals surface area contributed by atoms with Crippen molar-refractivity contribution < 1.29 is 25.8 Å².